The maximum Gasteiger partial charge on any atom is 0.271 e. The summed E-state index contributed by atoms with van der Waals surface area (Å²) in [7, 11) is 0. The van der Waals surface area contributed by atoms with Crippen molar-refractivity contribution in [1.82, 2.24) is 14.9 Å². The Hall–Kier alpha value is -1.20. The molecule has 1 N–H and O–H groups in total. The van der Waals surface area contributed by atoms with Crippen LogP contribution in [0.4, 0.5) is 0 Å². The molecule has 0 unspecified atom stereocenters. The first-order chi connectivity index (χ1) is 8.18. The first-order valence-electron chi connectivity index (χ1n) is 5.82. The van der Waals surface area contributed by atoms with Crippen LogP contribution < -0.4 is 10.9 Å². The van der Waals surface area contributed by atoms with E-state index in [4.69, 9.17) is 0 Å². The average Bonchev–Trinajstić information content (AvgIpc) is 2.75. The van der Waals surface area contributed by atoms with E-state index < -0.39 is 0 Å². The lowest BCUT2D eigenvalue weighted by atomic mass is 10.2. The molecule has 0 fully saturated rings. The third-order valence-electron chi connectivity index (χ3n) is 2.52. The molecule has 2 aromatic heterocycles. The fourth-order valence-electron chi connectivity index (χ4n) is 1.63. The molecular weight excluding hydrogens is 234 g/mol. The smallest absolute Gasteiger partial charge is 0.271 e. The predicted molar refractivity (Wildman–Crippen MR) is 71.6 cm³/mol. The SMILES string of the molecule is CC(C)CNCCn1cnc2ccsc2c1=O. The lowest BCUT2D eigenvalue weighted by molar-refractivity contribution is 0.519. The Labute approximate surface area is 104 Å². The molecule has 4 nitrogen and oxygen atoms in total. The van der Waals surface area contributed by atoms with Crippen LogP contribution in [0.2, 0.25) is 0 Å². The van der Waals surface area contributed by atoms with Gasteiger partial charge in [0.15, 0.2) is 0 Å². The van der Waals surface area contributed by atoms with Gasteiger partial charge in [0.25, 0.3) is 5.56 Å². The van der Waals surface area contributed by atoms with Gasteiger partial charge in [0.1, 0.15) is 4.70 Å². The van der Waals surface area contributed by atoms with Crippen LogP contribution in [0.15, 0.2) is 22.6 Å². The molecule has 0 aliphatic rings. The Bertz CT molecular complexity index is 544. The number of hydrogen-bond acceptors (Lipinski definition) is 4. The van der Waals surface area contributed by atoms with Crippen LogP contribution in [0, 0.1) is 5.92 Å². The molecule has 0 radical (unpaired) electrons. The fourth-order valence-corrected chi connectivity index (χ4v) is 2.42. The van der Waals surface area contributed by atoms with Crippen LogP contribution in [-0.4, -0.2) is 22.6 Å². The summed E-state index contributed by atoms with van der Waals surface area (Å²) in [5.74, 6) is 0.629. The Morgan fingerprint density at radius 2 is 2.35 bits per heavy atom. The van der Waals surface area contributed by atoms with Gasteiger partial charge >= 0.3 is 0 Å². The summed E-state index contributed by atoms with van der Waals surface area (Å²) in [5.41, 5.74) is 0.864. The minimum absolute atomic E-state index is 0.0661. The van der Waals surface area contributed by atoms with E-state index in [2.05, 4.69) is 24.1 Å². The molecule has 5 heteroatoms. The van der Waals surface area contributed by atoms with Gasteiger partial charge in [0.2, 0.25) is 0 Å². The highest BCUT2D eigenvalue weighted by Gasteiger charge is 2.04. The molecule has 0 aromatic carbocycles. The second kappa shape index (κ2) is 5.42. The van der Waals surface area contributed by atoms with E-state index in [1.54, 1.807) is 10.9 Å². The van der Waals surface area contributed by atoms with Gasteiger partial charge in [-0.15, -0.1) is 11.3 Å². The third kappa shape index (κ3) is 2.92. The van der Waals surface area contributed by atoms with Crippen molar-refractivity contribution < 1.29 is 0 Å². The van der Waals surface area contributed by atoms with Crippen molar-refractivity contribution in [3.05, 3.63) is 28.1 Å². The topological polar surface area (TPSA) is 46.9 Å². The fraction of sp³-hybridized carbons (Fsp3) is 0.500. The van der Waals surface area contributed by atoms with E-state index in [0.29, 0.717) is 12.5 Å². The molecule has 0 saturated carbocycles. The molecule has 0 spiro atoms. The van der Waals surface area contributed by atoms with Gasteiger partial charge in [-0.2, -0.15) is 0 Å². The van der Waals surface area contributed by atoms with Crippen LogP contribution in [0.25, 0.3) is 10.2 Å². The van der Waals surface area contributed by atoms with E-state index in [-0.39, 0.29) is 5.56 Å². The van der Waals surface area contributed by atoms with Crippen molar-refractivity contribution in [3.63, 3.8) is 0 Å². The van der Waals surface area contributed by atoms with Crippen molar-refractivity contribution in [2.75, 3.05) is 13.1 Å². The van der Waals surface area contributed by atoms with Crippen LogP contribution in [0.1, 0.15) is 13.8 Å². The van der Waals surface area contributed by atoms with E-state index >= 15 is 0 Å². The van der Waals surface area contributed by atoms with Gasteiger partial charge in [-0.25, -0.2) is 4.98 Å². The van der Waals surface area contributed by atoms with E-state index in [0.717, 1.165) is 23.3 Å². The molecule has 17 heavy (non-hydrogen) atoms. The van der Waals surface area contributed by atoms with E-state index in [1.807, 2.05) is 11.4 Å². The number of rotatable bonds is 5. The molecule has 92 valence electrons. The molecule has 2 heterocycles. The predicted octanol–water partition coefficient (Wildman–Crippen LogP) is 1.70. The number of hydrogen-bond donors (Lipinski definition) is 1. The highest BCUT2D eigenvalue weighted by atomic mass is 32.1. The maximum absolute atomic E-state index is 12.0. The molecular formula is C12H17N3OS. The largest absolute Gasteiger partial charge is 0.315 e. The van der Waals surface area contributed by atoms with E-state index in [1.165, 1.54) is 11.3 Å². The minimum atomic E-state index is 0.0661. The number of fused-ring (bicyclic) bond motifs is 1. The maximum atomic E-state index is 12.0. The normalized spacial score (nSPS) is 11.5. The van der Waals surface area contributed by atoms with Crippen LogP contribution >= 0.6 is 11.3 Å². The van der Waals surface area contributed by atoms with Gasteiger partial charge in [-0.05, 0) is 23.9 Å². The summed E-state index contributed by atoms with van der Waals surface area (Å²) in [5, 5.41) is 5.22. The first kappa shape index (κ1) is 12.3. The van der Waals surface area contributed by atoms with Crippen LogP contribution in [-0.2, 0) is 6.54 Å². The molecule has 2 aromatic rings. The third-order valence-corrected chi connectivity index (χ3v) is 3.41. The zero-order chi connectivity index (χ0) is 12.3. The summed E-state index contributed by atoms with van der Waals surface area (Å²) in [4.78, 5) is 16.3. The first-order valence-corrected chi connectivity index (χ1v) is 6.70. The minimum Gasteiger partial charge on any atom is -0.315 e. The number of nitrogens with zero attached hydrogens (tertiary/aromatic N) is 2. The summed E-state index contributed by atoms with van der Waals surface area (Å²) >= 11 is 1.46. The Morgan fingerprint density at radius 3 is 3.12 bits per heavy atom. The molecule has 0 aliphatic carbocycles. The monoisotopic (exact) mass is 251 g/mol. The number of nitrogens with one attached hydrogen (secondary N) is 1. The number of aromatic nitrogens is 2. The van der Waals surface area contributed by atoms with Crippen molar-refractivity contribution >= 4 is 21.6 Å². The lowest BCUT2D eigenvalue weighted by Gasteiger charge is -2.08. The summed E-state index contributed by atoms with van der Waals surface area (Å²) in [6.45, 7) is 6.78. The van der Waals surface area contributed by atoms with Crippen molar-refractivity contribution in [2.24, 2.45) is 5.92 Å². The second-order valence-corrected chi connectivity index (χ2v) is 5.39. The zero-order valence-electron chi connectivity index (χ0n) is 10.1. The standard InChI is InChI=1S/C12H17N3OS/c1-9(2)7-13-4-5-15-8-14-10-3-6-17-11(10)12(15)16/h3,6,8-9,13H,4-5,7H2,1-2H3. The molecule has 2 rings (SSSR count). The zero-order valence-corrected chi connectivity index (χ0v) is 11.0. The number of thiophene rings is 1. The lowest BCUT2D eigenvalue weighted by Crippen LogP contribution is -2.28. The van der Waals surface area contributed by atoms with Crippen LogP contribution in [0.5, 0.6) is 0 Å². The molecule has 0 bridgehead atoms. The van der Waals surface area contributed by atoms with Gasteiger partial charge in [-0.1, -0.05) is 13.8 Å². The highest BCUT2D eigenvalue weighted by molar-refractivity contribution is 7.17. The molecule has 0 aliphatic heterocycles. The molecule has 0 saturated heterocycles. The van der Waals surface area contributed by atoms with E-state index in [9.17, 15) is 4.79 Å². The van der Waals surface area contributed by atoms with Crippen molar-refractivity contribution in [3.8, 4) is 0 Å². The highest BCUT2D eigenvalue weighted by Crippen LogP contribution is 2.12. The van der Waals surface area contributed by atoms with Crippen molar-refractivity contribution in [1.29, 1.82) is 0 Å². The molecule has 0 atom stereocenters. The Balaban J connectivity index is 2.04. The van der Waals surface area contributed by atoms with Gasteiger partial charge in [0, 0.05) is 13.1 Å². The van der Waals surface area contributed by atoms with Gasteiger partial charge in [-0.3, -0.25) is 9.36 Å². The van der Waals surface area contributed by atoms with Crippen molar-refractivity contribution in [2.45, 2.75) is 20.4 Å². The van der Waals surface area contributed by atoms with Gasteiger partial charge in [0.05, 0.1) is 11.8 Å². The molecule has 0 amide bonds. The second-order valence-electron chi connectivity index (χ2n) is 4.48. The van der Waals surface area contributed by atoms with Crippen LogP contribution in [0.3, 0.4) is 0 Å². The van der Waals surface area contributed by atoms with Gasteiger partial charge < -0.3 is 5.32 Å². The Kier molecular flexibility index (Phi) is 3.91. The Morgan fingerprint density at radius 1 is 1.53 bits per heavy atom. The summed E-state index contributed by atoms with van der Waals surface area (Å²) in [6.07, 6.45) is 1.63. The quantitative estimate of drug-likeness (QED) is 0.823. The summed E-state index contributed by atoms with van der Waals surface area (Å²) < 4.78 is 2.42. The summed E-state index contributed by atoms with van der Waals surface area (Å²) in [6, 6.07) is 1.88. The average molecular weight is 251 g/mol.